The maximum Gasteiger partial charge on any atom is 0.249 e. The van der Waals surface area contributed by atoms with Gasteiger partial charge in [-0.25, -0.2) is 13.2 Å². The van der Waals surface area contributed by atoms with Crippen molar-refractivity contribution < 1.29 is 18.0 Å². The average molecular weight is 410 g/mol. The summed E-state index contributed by atoms with van der Waals surface area (Å²) in [6.45, 7) is 1.89. The van der Waals surface area contributed by atoms with Crippen LogP contribution in [0.3, 0.4) is 0 Å². The van der Waals surface area contributed by atoms with Crippen LogP contribution in [0, 0.1) is 17.5 Å². The van der Waals surface area contributed by atoms with Gasteiger partial charge in [-0.3, -0.25) is 4.79 Å². The molecule has 30 heavy (non-hydrogen) atoms. The van der Waals surface area contributed by atoms with E-state index in [1.165, 1.54) is 0 Å². The summed E-state index contributed by atoms with van der Waals surface area (Å²) in [5.41, 5.74) is 7.95. The molecule has 0 unspecified atom stereocenters. The SMILES string of the molecule is CCCCc1ccc2c3c(C(N)=O)cccc3n(Cc3c(F)ccc(F)c3F)c2c1. The third kappa shape index (κ3) is 3.32. The molecule has 1 aromatic heterocycles. The van der Waals surface area contributed by atoms with Crippen LogP contribution in [0.2, 0.25) is 0 Å². The molecule has 0 atom stereocenters. The summed E-state index contributed by atoms with van der Waals surface area (Å²) in [4.78, 5) is 12.0. The normalized spacial score (nSPS) is 11.5. The number of halogens is 3. The Morgan fingerprint density at radius 1 is 1.00 bits per heavy atom. The standard InChI is InChI=1S/C24H21F3N2O/c1-2-3-5-14-8-9-15-21(12-14)29(13-17-18(25)10-11-19(26)23(17)27)20-7-4-6-16(22(15)20)24(28)30/h4,6-12H,2-3,5,13H2,1H3,(H2,28,30). The van der Waals surface area contributed by atoms with Gasteiger partial charge in [0.05, 0.1) is 12.1 Å². The van der Waals surface area contributed by atoms with E-state index >= 15 is 0 Å². The molecule has 0 fully saturated rings. The monoisotopic (exact) mass is 410 g/mol. The zero-order valence-electron chi connectivity index (χ0n) is 16.5. The minimum Gasteiger partial charge on any atom is -0.366 e. The van der Waals surface area contributed by atoms with Gasteiger partial charge in [0.25, 0.3) is 0 Å². The molecule has 0 aliphatic heterocycles. The topological polar surface area (TPSA) is 48.0 Å². The van der Waals surface area contributed by atoms with E-state index in [-0.39, 0.29) is 12.1 Å². The number of carbonyl (C=O) groups is 1. The highest BCUT2D eigenvalue weighted by atomic mass is 19.2. The molecular formula is C24H21F3N2O. The van der Waals surface area contributed by atoms with E-state index < -0.39 is 23.4 Å². The number of hydrogen-bond donors (Lipinski definition) is 1. The number of fused-ring (bicyclic) bond motifs is 3. The highest BCUT2D eigenvalue weighted by Crippen LogP contribution is 2.34. The lowest BCUT2D eigenvalue weighted by atomic mass is 10.0. The Kier molecular flexibility index (Phi) is 5.24. The van der Waals surface area contributed by atoms with Crippen molar-refractivity contribution in [3.63, 3.8) is 0 Å². The Bertz CT molecular complexity index is 1280. The maximum atomic E-state index is 14.4. The molecule has 4 rings (SSSR count). The van der Waals surface area contributed by atoms with Crippen LogP contribution in [0.5, 0.6) is 0 Å². The van der Waals surface area contributed by atoms with E-state index in [9.17, 15) is 18.0 Å². The molecule has 1 amide bonds. The van der Waals surface area contributed by atoms with Gasteiger partial charge in [-0.2, -0.15) is 0 Å². The fourth-order valence-electron chi connectivity index (χ4n) is 3.97. The summed E-state index contributed by atoms with van der Waals surface area (Å²) < 4.78 is 44.3. The van der Waals surface area contributed by atoms with Gasteiger partial charge in [-0.1, -0.05) is 31.5 Å². The largest absolute Gasteiger partial charge is 0.366 e. The first-order chi connectivity index (χ1) is 14.4. The molecule has 154 valence electrons. The quantitative estimate of drug-likeness (QED) is 0.407. The Morgan fingerprint density at radius 3 is 2.50 bits per heavy atom. The van der Waals surface area contributed by atoms with Gasteiger partial charge in [0.1, 0.15) is 5.82 Å². The number of carbonyl (C=O) groups excluding carboxylic acids is 1. The van der Waals surface area contributed by atoms with Crippen LogP contribution in [0.1, 0.15) is 41.3 Å². The molecule has 0 saturated heterocycles. The van der Waals surface area contributed by atoms with Crippen LogP contribution in [-0.4, -0.2) is 10.5 Å². The maximum absolute atomic E-state index is 14.4. The average Bonchev–Trinajstić information content (AvgIpc) is 3.05. The van der Waals surface area contributed by atoms with Crippen molar-refractivity contribution in [1.82, 2.24) is 4.57 Å². The van der Waals surface area contributed by atoms with Crippen molar-refractivity contribution in [1.29, 1.82) is 0 Å². The number of nitrogens with zero attached hydrogens (tertiary/aromatic N) is 1. The first kappa shape index (κ1) is 20.0. The summed E-state index contributed by atoms with van der Waals surface area (Å²) in [6, 6.07) is 12.6. The number of hydrogen-bond acceptors (Lipinski definition) is 1. The number of aryl methyl sites for hydroxylation is 1. The molecule has 3 nitrogen and oxygen atoms in total. The van der Waals surface area contributed by atoms with Gasteiger partial charge in [0.2, 0.25) is 5.91 Å². The van der Waals surface area contributed by atoms with Gasteiger partial charge in [-0.15, -0.1) is 0 Å². The molecule has 0 spiro atoms. The smallest absolute Gasteiger partial charge is 0.249 e. The number of amides is 1. The third-order valence-corrected chi connectivity index (χ3v) is 5.50. The first-order valence-electron chi connectivity index (χ1n) is 9.88. The number of nitrogens with two attached hydrogens (primary N) is 1. The molecule has 4 aromatic rings. The number of unbranched alkanes of at least 4 members (excludes halogenated alkanes) is 1. The van der Waals surface area contributed by atoms with Crippen molar-refractivity contribution in [2.45, 2.75) is 32.7 Å². The molecule has 0 bridgehead atoms. The van der Waals surface area contributed by atoms with E-state index in [1.54, 1.807) is 22.8 Å². The molecule has 0 saturated carbocycles. The summed E-state index contributed by atoms with van der Waals surface area (Å²) in [5, 5.41) is 1.39. The minimum absolute atomic E-state index is 0.213. The fourth-order valence-corrected chi connectivity index (χ4v) is 3.97. The zero-order valence-corrected chi connectivity index (χ0v) is 16.5. The van der Waals surface area contributed by atoms with Gasteiger partial charge < -0.3 is 10.3 Å². The van der Waals surface area contributed by atoms with Gasteiger partial charge in [-0.05, 0) is 48.7 Å². The van der Waals surface area contributed by atoms with E-state index in [2.05, 4.69) is 6.92 Å². The van der Waals surface area contributed by atoms with Crippen LogP contribution in [0.15, 0.2) is 48.5 Å². The van der Waals surface area contributed by atoms with Crippen LogP contribution in [0.25, 0.3) is 21.8 Å². The highest BCUT2D eigenvalue weighted by Gasteiger charge is 2.20. The van der Waals surface area contributed by atoms with E-state index in [4.69, 9.17) is 5.73 Å². The Hall–Kier alpha value is -3.28. The molecule has 0 radical (unpaired) electrons. The molecule has 2 N–H and O–H groups in total. The van der Waals surface area contributed by atoms with Crippen molar-refractivity contribution in [3.8, 4) is 0 Å². The van der Waals surface area contributed by atoms with Crippen molar-refractivity contribution in [2.75, 3.05) is 0 Å². The lowest BCUT2D eigenvalue weighted by Gasteiger charge is -2.11. The Morgan fingerprint density at radius 2 is 1.77 bits per heavy atom. The lowest BCUT2D eigenvalue weighted by molar-refractivity contribution is 0.100. The number of benzene rings is 3. The van der Waals surface area contributed by atoms with Crippen molar-refractivity contribution in [2.24, 2.45) is 5.73 Å². The van der Waals surface area contributed by atoms with Crippen LogP contribution in [-0.2, 0) is 13.0 Å². The molecule has 0 aliphatic carbocycles. The number of rotatable bonds is 6. The summed E-state index contributed by atoms with van der Waals surface area (Å²) in [6.07, 6.45) is 2.90. The second-order valence-electron chi connectivity index (χ2n) is 7.43. The molecule has 0 aliphatic rings. The molecule has 1 heterocycles. The second-order valence-corrected chi connectivity index (χ2v) is 7.43. The highest BCUT2D eigenvalue weighted by molar-refractivity contribution is 6.18. The van der Waals surface area contributed by atoms with Gasteiger partial charge in [0, 0.05) is 27.4 Å². The molecule has 6 heteroatoms. The molecular weight excluding hydrogens is 389 g/mol. The van der Waals surface area contributed by atoms with Crippen molar-refractivity contribution >= 4 is 27.7 Å². The summed E-state index contributed by atoms with van der Waals surface area (Å²) >= 11 is 0. The fraction of sp³-hybridized carbons (Fsp3) is 0.208. The Labute approximate surface area is 171 Å². The van der Waals surface area contributed by atoms with E-state index in [0.29, 0.717) is 16.5 Å². The third-order valence-electron chi connectivity index (χ3n) is 5.50. The number of primary amides is 1. The van der Waals surface area contributed by atoms with Crippen molar-refractivity contribution in [3.05, 3.63) is 82.7 Å². The summed E-state index contributed by atoms with van der Waals surface area (Å²) in [7, 11) is 0. The van der Waals surface area contributed by atoms with Gasteiger partial charge in [0.15, 0.2) is 11.6 Å². The molecule has 3 aromatic carbocycles. The second kappa shape index (κ2) is 7.86. The van der Waals surface area contributed by atoms with Crippen LogP contribution in [0.4, 0.5) is 13.2 Å². The van der Waals surface area contributed by atoms with Crippen LogP contribution >= 0.6 is 0 Å². The summed E-state index contributed by atoms with van der Waals surface area (Å²) in [5.74, 6) is -3.72. The first-order valence-corrected chi connectivity index (χ1v) is 9.88. The van der Waals surface area contributed by atoms with E-state index in [1.807, 2.05) is 18.2 Å². The number of aromatic nitrogens is 1. The Balaban J connectivity index is 2.02. The van der Waals surface area contributed by atoms with E-state index in [0.717, 1.165) is 47.9 Å². The van der Waals surface area contributed by atoms with Crippen LogP contribution < -0.4 is 5.73 Å². The minimum atomic E-state index is -1.21. The van der Waals surface area contributed by atoms with Gasteiger partial charge >= 0.3 is 0 Å². The lowest BCUT2D eigenvalue weighted by Crippen LogP contribution is -2.11. The zero-order chi connectivity index (χ0) is 21.4. The predicted octanol–water partition coefficient (Wildman–Crippen LogP) is 5.70. The predicted molar refractivity (Wildman–Crippen MR) is 112 cm³/mol.